The number of hydrogen-bond acceptors (Lipinski definition) is 0. The third kappa shape index (κ3) is 3.43. The van der Waals surface area contributed by atoms with Crippen LogP contribution in [0.25, 0.3) is 0 Å². The Kier molecular flexibility index (Phi) is 5.59. The standard InChI is InChI=1S/C5H12Si.Rh/c1-2-4-6-5-3-1;/h1-6H2;. The molecule has 0 amide bonds. The minimum absolute atomic E-state index is 0. The maximum atomic E-state index is 1.64. The molecule has 1 aliphatic rings. The van der Waals surface area contributed by atoms with Gasteiger partial charge >= 0.3 is 0 Å². The summed E-state index contributed by atoms with van der Waals surface area (Å²) in [5.74, 6) is 0. The van der Waals surface area contributed by atoms with Gasteiger partial charge in [-0.1, -0.05) is 31.4 Å². The maximum Gasteiger partial charge on any atom is 0.0197 e. The molecule has 45 valence electrons. The maximum absolute atomic E-state index is 1.64. The summed E-state index contributed by atoms with van der Waals surface area (Å²) in [6.45, 7) is 0. The van der Waals surface area contributed by atoms with E-state index in [1.807, 2.05) is 0 Å². The summed E-state index contributed by atoms with van der Waals surface area (Å²) >= 11 is 0. The van der Waals surface area contributed by atoms with Crippen molar-refractivity contribution in [2.24, 2.45) is 0 Å². The predicted molar refractivity (Wildman–Crippen MR) is 32.0 cm³/mol. The van der Waals surface area contributed by atoms with Crippen molar-refractivity contribution in [1.29, 1.82) is 0 Å². The van der Waals surface area contributed by atoms with E-state index >= 15 is 0 Å². The average Bonchev–Trinajstić information content (AvgIpc) is 1.72. The molecule has 7 heavy (non-hydrogen) atoms. The van der Waals surface area contributed by atoms with E-state index in [0.717, 1.165) is 0 Å². The first-order valence-corrected chi connectivity index (χ1v) is 5.00. The minimum Gasteiger partial charge on any atom is -0.0628 e. The fourth-order valence-electron chi connectivity index (χ4n) is 1.06. The number of rotatable bonds is 0. The van der Waals surface area contributed by atoms with E-state index in [4.69, 9.17) is 0 Å². The van der Waals surface area contributed by atoms with Gasteiger partial charge in [-0.15, -0.1) is 0 Å². The van der Waals surface area contributed by atoms with Crippen LogP contribution in [0.15, 0.2) is 0 Å². The van der Waals surface area contributed by atoms with E-state index in [-0.39, 0.29) is 19.5 Å². The van der Waals surface area contributed by atoms with E-state index in [1.54, 1.807) is 24.9 Å². The summed E-state index contributed by atoms with van der Waals surface area (Å²) < 4.78 is 0. The molecule has 0 aromatic heterocycles. The van der Waals surface area contributed by atoms with Gasteiger partial charge in [-0.3, -0.25) is 0 Å². The molecule has 0 saturated carbocycles. The third-order valence-electron chi connectivity index (χ3n) is 1.50. The zero-order valence-corrected chi connectivity index (χ0v) is 7.63. The van der Waals surface area contributed by atoms with E-state index in [9.17, 15) is 0 Å². The second kappa shape index (κ2) is 4.99. The molecule has 1 aliphatic heterocycles. The van der Waals surface area contributed by atoms with E-state index in [0.29, 0.717) is 9.52 Å². The van der Waals surface area contributed by atoms with Gasteiger partial charge in [0.15, 0.2) is 0 Å². The molecule has 1 fully saturated rings. The van der Waals surface area contributed by atoms with Crippen LogP contribution in [0.5, 0.6) is 0 Å². The molecule has 0 unspecified atom stereocenters. The molecule has 2 heteroatoms. The smallest absolute Gasteiger partial charge is 0.0197 e. The fourth-order valence-corrected chi connectivity index (χ4v) is 2.83. The quantitative estimate of drug-likeness (QED) is 0.518. The summed E-state index contributed by atoms with van der Waals surface area (Å²) in [6, 6.07) is 3.28. The molecule has 0 bridgehead atoms. The molecular weight excluding hydrogens is 191 g/mol. The molecule has 1 rings (SSSR count). The first-order valence-electron chi connectivity index (χ1n) is 3.00. The van der Waals surface area contributed by atoms with Crippen LogP contribution in [0, 0.1) is 0 Å². The summed E-state index contributed by atoms with van der Waals surface area (Å²) in [7, 11) is 0.508. The molecule has 1 saturated heterocycles. The molecule has 1 radical (unpaired) electrons. The largest absolute Gasteiger partial charge is 0.0628 e. The molecule has 0 aromatic carbocycles. The normalized spacial score (nSPS) is 20.6. The minimum atomic E-state index is 0. The van der Waals surface area contributed by atoms with Crippen molar-refractivity contribution in [3.8, 4) is 0 Å². The Labute approximate surface area is 60.7 Å². The Bertz CT molecular complexity index is 23.6. The van der Waals surface area contributed by atoms with Gasteiger partial charge in [-0.25, -0.2) is 0 Å². The summed E-state index contributed by atoms with van der Waals surface area (Å²) in [6.07, 6.45) is 4.66. The van der Waals surface area contributed by atoms with Crippen molar-refractivity contribution in [1.82, 2.24) is 0 Å². The van der Waals surface area contributed by atoms with Crippen LogP contribution in [0.4, 0.5) is 0 Å². The van der Waals surface area contributed by atoms with Gasteiger partial charge in [0.25, 0.3) is 0 Å². The van der Waals surface area contributed by atoms with E-state index in [1.165, 1.54) is 6.42 Å². The zero-order chi connectivity index (χ0) is 4.24. The van der Waals surface area contributed by atoms with Crippen LogP contribution in [0.2, 0.25) is 12.1 Å². The van der Waals surface area contributed by atoms with Crippen molar-refractivity contribution in [2.45, 2.75) is 31.4 Å². The van der Waals surface area contributed by atoms with E-state index in [2.05, 4.69) is 0 Å². The van der Waals surface area contributed by atoms with Crippen LogP contribution in [0.1, 0.15) is 19.3 Å². The third-order valence-corrected chi connectivity index (χ3v) is 3.50. The summed E-state index contributed by atoms with van der Waals surface area (Å²) in [5, 5.41) is 0. The molecule has 1 heterocycles. The Balaban J connectivity index is 0.000000360. The SMILES string of the molecule is C1CC[SiH2]CC1.[Rh]. The van der Waals surface area contributed by atoms with Crippen molar-refractivity contribution in [3.05, 3.63) is 0 Å². The Hall–Kier alpha value is 0.840. The van der Waals surface area contributed by atoms with E-state index < -0.39 is 0 Å². The fraction of sp³-hybridized carbons (Fsp3) is 1.00. The first-order chi connectivity index (χ1) is 3.00. The zero-order valence-electron chi connectivity index (χ0n) is 4.58. The topological polar surface area (TPSA) is 0 Å². The Morgan fingerprint density at radius 3 is 1.57 bits per heavy atom. The van der Waals surface area contributed by atoms with Gasteiger partial charge in [0, 0.05) is 29.0 Å². The van der Waals surface area contributed by atoms with Crippen molar-refractivity contribution in [2.75, 3.05) is 0 Å². The molecule has 0 spiro atoms. The molecule has 0 atom stereocenters. The van der Waals surface area contributed by atoms with Gasteiger partial charge in [0.05, 0.1) is 0 Å². The predicted octanol–water partition coefficient (Wildman–Crippen LogP) is 1.17. The van der Waals surface area contributed by atoms with Crippen LogP contribution in [0.3, 0.4) is 0 Å². The van der Waals surface area contributed by atoms with Crippen LogP contribution < -0.4 is 0 Å². The van der Waals surface area contributed by atoms with Crippen LogP contribution >= 0.6 is 0 Å². The first kappa shape index (κ1) is 7.84. The molecule has 0 aromatic rings. The van der Waals surface area contributed by atoms with Crippen molar-refractivity contribution in [3.63, 3.8) is 0 Å². The van der Waals surface area contributed by atoms with Crippen molar-refractivity contribution < 1.29 is 19.5 Å². The van der Waals surface area contributed by atoms with Gasteiger partial charge in [-0.2, -0.15) is 0 Å². The molecule has 0 aliphatic carbocycles. The van der Waals surface area contributed by atoms with Gasteiger partial charge in [0.2, 0.25) is 0 Å². The monoisotopic (exact) mass is 203 g/mol. The van der Waals surface area contributed by atoms with Crippen molar-refractivity contribution >= 4 is 9.52 Å². The molecular formula is C5H12RhSi. The Morgan fingerprint density at radius 2 is 1.43 bits per heavy atom. The Morgan fingerprint density at radius 1 is 0.857 bits per heavy atom. The summed E-state index contributed by atoms with van der Waals surface area (Å²) in [4.78, 5) is 0. The second-order valence-electron chi connectivity index (χ2n) is 2.12. The molecule has 0 N–H and O–H groups in total. The number of hydrogen-bond donors (Lipinski definition) is 0. The average molecular weight is 203 g/mol. The summed E-state index contributed by atoms with van der Waals surface area (Å²) in [5.41, 5.74) is 0. The van der Waals surface area contributed by atoms with Crippen LogP contribution in [-0.2, 0) is 19.5 Å². The van der Waals surface area contributed by atoms with Gasteiger partial charge in [-0.05, 0) is 0 Å². The van der Waals surface area contributed by atoms with Gasteiger partial charge < -0.3 is 0 Å². The second-order valence-corrected chi connectivity index (χ2v) is 4.24. The van der Waals surface area contributed by atoms with Crippen LogP contribution in [-0.4, -0.2) is 9.52 Å². The van der Waals surface area contributed by atoms with Gasteiger partial charge in [0.1, 0.15) is 0 Å². The molecule has 0 nitrogen and oxygen atoms in total.